The molecular weight excluding hydrogens is 260 g/mol. The summed E-state index contributed by atoms with van der Waals surface area (Å²) in [5.41, 5.74) is -0.0891. The molecular formula is C14H28N2O4. The lowest BCUT2D eigenvalue weighted by atomic mass is 9.84. The minimum Gasteiger partial charge on any atom is -0.481 e. The highest BCUT2D eigenvalue weighted by molar-refractivity contribution is 5.75. The predicted molar refractivity (Wildman–Crippen MR) is 77.6 cm³/mol. The van der Waals surface area contributed by atoms with E-state index >= 15 is 0 Å². The van der Waals surface area contributed by atoms with E-state index in [0.717, 1.165) is 0 Å². The third-order valence-corrected chi connectivity index (χ3v) is 2.78. The Morgan fingerprint density at radius 2 is 1.75 bits per heavy atom. The van der Waals surface area contributed by atoms with Gasteiger partial charge in [0.05, 0.1) is 12.5 Å². The molecule has 0 aliphatic heterocycles. The first-order valence-electron chi connectivity index (χ1n) is 6.89. The first kappa shape index (κ1) is 18.7. The minimum atomic E-state index is -0.882. The van der Waals surface area contributed by atoms with Crippen LogP contribution in [-0.2, 0) is 9.53 Å². The Morgan fingerprint density at radius 3 is 2.20 bits per heavy atom. The molecule has 118 valence electrons. The zero-order valence-corrected chi connectivity index (χ0v) is 13.2. The summed E-state index contributed by atoms with van der Waals surface area (Å²) >= 11 is 0. The van der Waals surface area contributed by atoms with E-state index < -0.39 is 11.9 Å². The number of ether oxygens (including phenoxy) is 1. The van der Waals surface area contributed by atoms with Crippen molar-refractivity contribution < 1.29 is 19.4 Å². The van der Waals surface area contributed by atoms with Gasteiger partial charge in [-0.25, -0.2) is 4.79 Å². The zero-order valence-electron chi connectivity index (χ0n) is 13.2. The average Bonchev–Trinajstić information content (AvgIpc) is 2.30. The number of rotatable bonds is 8. The summed E-state index contributed by atoms with van der Waals surface area (Å²) in [5.74, 6) is -1.24. The molecule has 0 aromatic rings. The number of carbonyl (C=O) groups is 2. The van der Waals surface area contributed by atoms with Gasteiger partial charge in [-0.3, -0.25) is 4.79 Å². The predicted octanol–water partition coefficient (Wildman–Crippen LogP) is 1.71. The van der Waals surface area contributed by atoms with Gasteiger partial charge >= 0.3 is 12.0 Å². The third kappa shape index (κ3) is 9.61. The molecule has 2 amide bonds. The van der Waals surface area contributed by atoms with Crippen LogP contribution in [0.15, 0.2) is 0 Å². The molecule has 2 atom stereocenters. The van der Waals surface area contributed by atoms with Gasteiger partial charge in [0, 0.05) is 20.2 Å². The molecule has 0 bridgehead atoms. The van der Waals surface area contributed by atoms with Crippen LogP contribution in [0.25, 0.3) is 0 Å². The number of carbonyl (C=O) groups excluding carboxylic acids is 1. The number of aliphatic carboxylic acids is 1. The van der Waals surface area contributed by atoms with Crippen molar-refractivity contribution in [1.82, 2.24) is 10.6 Å². The van der Waals surface area contributed by atoms with Crippen molar-refractivity contribution >= 4 is 12.0 Å². The molecule has 0 aromatic heterocycles. The van der Waals surface area contributed by atoms with Gasteiger partial charge in [0.2, 0.25) is 0 Å². The highest BCUT2D eigenvalue weighted by Crippen LogP contribution is 2.24. The highest BCUT2D eigenvalue weighted by Gasteiger charge is 2.24. The summed E-state index contributed by atoms with van der Waals surface area (Å²) in [6, 6.07) is -0.340. The van der Waals surface area contributed by atoms with Crippen LogP contribution >= 0.6 is 0 Å². The van der Waals surface area contributed by atoms with Crippen LogP contribution in [0.3, 0.4) is 0 Å². The zero-order chi connectivity index (χ0) is 15.8. The number of urea groups is 1. The van der Waals surface area contributed by atoms with E-state index in [1.54, 1.807) is 7.11 Å². The van der Waals surface area contributed by atoms with Crippen LogP contribution in [0.1, 0.15) is 34.1 Å². The number of hydrogen-bond donors (Lipinski definition) is 3. The molecule has 0 radical (unpaired) electrons. The van der Waals surface area contributed by atoms with Crippen molar-refractivity contribution in [3.63, 3.8) is 0 Å². The van der Waals surface area contributed by atoms with Gasteiger partial charge in [-0.2, -0.15) is 0 Å². The minimum absolute atomic E-state index is 0.0891. The summed E-state index contributed by atoms with van der Waals surface area (Å²) in [6.07, 6.45) is 0.517. The molecule has 20 heavy (non-hydrogen) atoms. The molecule has 0 aliphatic rings. The summed E-state index contributed by atoms with van der Waals surface area (Å²) in [4.78, 5) is 22.7. The summed E-state index contributed by atoms with van der Waals surface area (Å²) in [6.45, 7) is 9.11. The van der Waals surface area contributed by atoms with Crippen LogP contribution in [-0.4, -0.2) is 43.9 Å². The molecule has 0 fully saturated rings. The van der Waals surface area contributed by atoms with Crippen LogP contribution in [0.2, 0.25) is 0 Å². The second-order valence-electron chi connectivity index (χ2n) is 6.45. The van der Waals surface area contributed by atoms with Crippen molar-refractivity contribution in [2.24, 2.45) is 17.3 Å². The Morgan fingerprint density at radius 1 is 1.20 bits per heavy atom. The van der Waals surface area contributed by atoms with Crippen LogP contribution in [0.4, 0.5) is 4.79 Å². The molecule has 6 nitrogen and oxygen atoms in total. The maximum absolute atomic E-state index is 11.6. The third-order valence-electron chi connectivity index (χ3n) is 2.78. The van der Waals surface area contributed by atoms with Crippen molar-refractivity contribution in [2.75, 3.05) is 26.8 Å². The highest BCUT2D eigenvalue weighted by atomic mass is 16.5. The fourth-order valence-electron chi connectivity index (χ4n) is 1.87. The summed E-state index contributed by atoms with van der Waals surface area (Å²) in [7, 11) is 1.61. The maximum Gasteiger partial charge on any atom is 0.314 e. The normalized spacial score (nSPS) is 14.4. The maximum atomic E-state index is 11.6. The first-order chi connectivity index (χ1) is 9.15. The Labute approximate surface area is 121 Å². The standard InChI is InChI=1S/C14H28N2O4/c1-10(9-20-5)7-15-13(19)16-8-11(12(17)18)6-14(2,3)4/h10-11H,6-9H2,1-5H3,(H,17,18)(H2,15,16,19). The van der Waals surface area contributed by atoms with E-state index in [0.29, 0.717) is 19.6 Å². The molecule has 6 heteroatoms. The van der Waals surface area contributed by atoms with Crippen LogP contribution < -0.4 is 10.6 Å². The van der Waals surface area contributed by atoms with Crippen LogP contribution in [0.5, 0.6) is 0 Å². The second kappa shape index (κ2) is 8.79. The fourth-order valence-corrected chi connectivity index (χ4v) is 1.87. The Balaban J connectivity index is 4.09. The van der Waals surface area contributed by atoms with Gasteiger partial charge in [-0.1, -0.05) is 27.7 Å². The van der Waals surface area contributed by atoms with Gasteiger partial charge in [0.25, 0.3) is 0 Å². The van der Waals surface area contributed by atoms with Crippen molar-refractivity contribution in [2.45, 2.75) is 34.1 Å². The van der Waals surface area contributed by atoms with Crippen LogP contribution in [0, 0.1) is 17.3 Å². The molecule has 0 rings (SSSR count). The first-order valence-corrected chi connectivity index (χ1v) is 6.89. The van der Waals surface area contributed by atoms with Gasteiger partial charge in [-0.05, 0) is 17.8 Å². The molecule has 3 N–H and O–H groups in total. The van der Waals surface area contributed by atoms with Gasteiger partial charge < -0.3 is 20.5 Å². The second-order valence-corrected chi connectivity index (χ2v) is 6.45. The number of amides is 2. The van der Waals surface area contributed by atoms with Gasteiger partial charge in [0.15, 0.2) is 0 Å². The molecule has 0 saturated heterocycles. The van der Waals surface area contributed by atoms with Gasteiger partial charge in [-0.15, -0.1) is 0 Å². The van der Waals surface area contributed by atoms with Crippen molar-refractivity contribution in [3.8, 4) is 0 Å². The van der Waals surface area contributed by atoms with Gasteiger partial charge in [0.1, 0.15) is 0 Å². The molecule has 0 saturated carbocycles. The van der Waals surface area contributed by atoms with E-state index in [9.17, 15) is 9.59 Å². The lowest BCUT2D eigenvalue weighted by molar-refractivity contribution is -0.142. The Hall–Kier alpha value is -1.30. The lowest BCUT2D eigenvalue weighted by Gasteiger charge is -2.23. The number of carboxylic acid groups (broad SMARTS) is 1. The molecule has 0 aromatic carbocycles. The van der Waals surface area contributed by atoms with E-state index in [1.807, 2.05) is 27.7 Å². The quantitative estimate of drug-likeness (QED) is 0.634. The molecule has 2 unspecified atom stereocenters. The summed E-state index contributed by atoms with van der Waals surface area (Å²) in [5, 5.41) is 14.5. The SMILES string of the molecule is COCC(C)CNC(=O)NCC(CC(C)(C)C)C(=O)O. The largest absolute Gasteiger partial charge is 0.481 e. The number of methoxy groups -OCH3 is 1. The molecule has 0 spiro atoms. The number of hydrogen-bond acceptors (Lipinski definition) is 3. The topological polar surface area (TPSA) is 87.7 Å². The van der Waals surface area contributed by atoms with Crippen molar-refractivity contribution in [1.29, 1.82) is 0 Å². The average molecular weight is 288 g/mol. The molecule has 0 heterocycles. The molecule has 0 aliphatic carbocycles. The van der Waals surface area contributed by atoms with E-state index in [2.05, 4.69) is 10.6 Å². The lowest BCUT2D eigenvalue weighted by Crippen LogP contribution is -2.42. The van der Waals surface area contributed by atoms with Crippen molar-refractivity contribution in [3.05, 3.63) is 0 Å². The van der Waals surface area contributed by atoms with E-state index in [4.69, 9.17) is 9.84 Å². The number of nitrogens with one attached hydrogen (secondary N) is 2. The fraction of sp³-hybridized carbons (Fsp3) is 0.857. The van der Waals surface area contributed by atoms with E-state index in [-0.39, 0.29) is 23.9 Å². The smallest absolute Gasteiger partial charge is 0.314 e. The van der Waals surface area contributed by atoms with E-state index in [1.165, 1.54) is 0 Å². The Bertz CT molecular complexity index is 313. The Kier molecular flexibility index (Phi) is 8.22. The monoisotopic (exact) mass is 288 g/mol. The summed E-state index contributed by atoms with van der Waals surface area (Å²) < 4.78 is 4.97. The number of carboxylic acids is 1.